The monoisotopic (exact) mass is 365 g/mol. The third-order valence-electron chi connectivity index (χ3n) is 3.59. The lowest BCUT2D eigenvalue weighted by atomic mass is 10.1. The molecule has 2 aromatic carbocycles. The quantitative estimate of drug-likeness (QED) is 0.694. The third kappa shape index (κ3) is 6.17. The highest BCUT2D eigenvalue weighted by atomic mass is 32.2. The van der Waals surface area contributed by atoms with Crippen LogP contribution in [0.3, 0.4) is 0 Å². The van der Waals surface area contributed by atoms with Crippen molar-refractivity contribution >= 4 is 16.1 Å². The summed E-state index contributed by atoms with van der Waals surface area (Å²) in [5.41, 5.74) is 1.43. The van der Waals surface area contributed by atoms with Gasteiger partial charge in [0, 0.05) is 13.1 Å². The van der Waals surface area contributed by atoms with Crippen molar-refractivity contribution in [1.82, 2.24) is 10.6 Å². The summed E-state index contributed by atoms with van der Waals surface area (Å²) in [6.45, 7) is 0.718. The number of halogens is 1. The number of sulfonamides is 1. The zero-order valence-corrected chi connectivity index (χ0v) is 14.4. The van der Waals surface area contributed by atoms with Crippen LogP contribution in [0.5, 0.6) is 0 Å². The Labute approximate surface area is 146 Å². The molecule has 0 atom stereocenters. The predicted molar refractivity (Wildman–Crippen MR) is 93.0 cm³/mol. The van der Waals surface area contributed by atoms with E-state index >= 15 is 0 Å². The van der Waals surface area contributed by atoms with Gasteiger partial charge < -0.3 is 10.6 Å². The molecule has 0 saturated heterocycles. The Kier molecular flexibility index (Phi) is 6.49. The van der Waals surface area contributed by atoms with Crippen LogP contribution >= 0.6 is 0 Å². The van der Waals surface area contributed by atoms with Crippen LogP contribution in [0.25, 0.3) is 0 Å². The summed E-state index contributed by atoms with van der Waals surface area (Å²) < 4.78 is 35.8. The van der Waals surface area contributed by atoms with Crippen molar-refractivity contribution in [2.24, 2.45) is 5.14 Å². The number of carbonyl (C=O) groups is 1. The zero-order valence-electron chi connectivity index (χ0n) is 13.5. The zero-order chi connectivity index (χ0) is 18.3. The Hall–Kier alpha value is -2.45. The normalized spacial score (nSPS) is 11.1. The standard InChI is InChI=1S/C17H20FN3O3S/c18-16-4-2-1-3-14(16)10-12-21-17(22)20-11-9-13-5-7-15(8-6-13)25(19,23)24/h1-8H,9-12H2,(H2,19,23,24)(H2,20,21,22). The van der Waals surface area contributed by atoms with Gasteiger partial charge in [-0.3, -0.25) is 0 Å². The van der Waals surface area contributed by atoms with E-state index in [1.165, 1.54) is 18.2 Å². The van der Waals surface area contributed by atoms with Crippen LogP contribution in [-0.4, -0.2) is 27.5 Å². The first-order valence-electron chi connectivity index (χ1n) is 7.73. The van der Waals surface area contributed by atoms with Crippen LogP contribution in [0, 0.1) is 5.82 Å². The molecular formula is C17H20FN3O3S. The van der Waals surface area contributed by atoms with Crippen LogP contribution in [0.1, 0.15) is 11.1 Å². The molecule has 6 nitrogen and oxygen atoms in total. The number of hydrogen-bond acceptors (Lipinski definition) is 3. The van der Waals surface area contributed by atoms with Gasteiger partial charge in [-0.15, -0.1) is 0 Å². The number of amides is 2. The van der Waals surface area contributed by atoms with Crippen molar-refractivity contribution < 1.29 is 17.6 Å². The maximum atomic E-state index is 13.4. The smallest absolute Gasteiger partial charge is 0.314 e. The molecule has 2 amide bonds. The molecule has 0 saturated carbocycles. The molecule has 0 aliphatic heterocycles. The number of nitrogens with two attached hydrogens (primary N) is 1. The van der Waals surface area contributed by atoms with E-state index in [9.17, 15) is 17.6 Å². The maximum Gasteiger partial charge on any atom is 0.314 e. The second-order valence-electron chi connectivity index (χ2n) is 5.46. The van der Waals surface area contributed by atoms with Gasteiger partial charge in [-0.2, -0.15) is 0 Å². The van der Waals surface area contributed by atoms with E-state index in [2.05, 4.69) is 10.6 Å². The highest BCUT2D eigenvalue weighted by Gasteiger charge is 2.07. The number of benzene rings is 2. The molecule has 0 aliphatic carbocycles. The SMILES string of the molecule is NS(=O)(=O)c1ccc(CCNC(=O)NCCc2ccccc2F)cc1. The Morgan fingerprint density at radius 2 is 1.56 bits per heavy atom. The van der Waals surface area contributed by atoms with E-state index in [0.717, 1.165) is 5.56 Å². The average molecular weight is 365 g/mol. The van der Waals surface area contributed by atoms with Crippen LogP contribution in [0.15, 0.2) is 53.4 Å². The van der Waals surface area contributed by atoms with E-state index < -0.39 is 10.0 Å². The first kappa shape index (κ1) is 18.9. The van der Waals surface area contributed by atoms with Gasteiger partial charge in [0.05, 0.1) is 4.90 Å². The molecule has 25 heavy (non-hydrogen) atoms. The molecule has 0 heterocycles. The largest absolute Gasteiger partial charge is 0.338 e. The molecule has 2 rings (SSSR count). The molecule has 0 spiro atoms. The number of hydrogen-bond donors (Lipinski definition) is 3. The molecule has 8 heteroatoms. The van der Waals surface area contributed by atoms with Crippen molar-refractivity contribution in [1.29, 1.82) is 0 Å². The minimum absolute atomic E-state index is 0.0510. The van der Waals surface area contributed by atoms with Crippen molar-refractivity contribution in [3.63, 3.8) is 0 Å². The molecular weight excluding hydrogens is 345 g/mol. The summed E-state index contributed by atoms with van der Waals surface area (Å²) in [6, 6.07) is 12.3. The van der Waals surface area contributed by atoms with Crippen LogP contribution in [-0.2, 0) is 22.9 Å². The molecule has 0 radical (unpaired) electrons. The fourth-order valence-corrected chi connectivity index (χ4v) is 2.76. The molecule has 2 aromatic rings. The second kappa shape index (κ2) is 8.59. The number of nitrogens with one attached hydrogen (secondary N) is 2. The third-order valence-corrected chi connectivity index (χ3v) is 4.52. The topological polar surface area (TPSA) is 101 Å². The summed E-state index contributed by atoms with van der Waals surface area (Å²) in [6.07, 6.45) is 0.959. The van der Waals surface area contributed by atoms with Crippen LogP contribution in [0.2, 0.25) is 0 Å². The Morgan fingerprint density at radius 1 is 0.960 bits per heavy atom. The first-order valence-corrected chi connectivity index (χ1v) is 9.28. The molecule has 0 fully saturated rings. The summed E-state index contributed by atoms with van der Waals surface area (Å²) in [4.78, 5) is 11.7. The highest BCUT2D eigenvalue weighted by Crippen LogP contribution is 2.09. The van der Waals surface area contributed by atoms with E-state index in [-0.39, 0.29) is 16.7 Å². The second-order valence-corrected chi connectivity index (χ2v) is 7.02. The predicted octanol–water partition coefficient (Wildman–Crippen LogP) is 1.56. The van der Waals surface area contributed by atoms with Gasteiger partial charge >= 0.3 is 6.03 Å². The van der Waals surface area contributed by atoms with Gasteiger partial charge in [0.1, 0.15) is 5.82 Å². The van der Waals surface area contributed by atoms with Crippen LogP contribution < -0.4 is 15.8 Å². The first-order chi connectivity index (χ1) is 11.9. The van der Waals surface area contributed by atoms with Gasteiger partial charge in [-0.05, 0) is 42.2 Å². The molecule has 0 unspecified atom stereocenters. The molecule has 4 N–H and O–H groups in total. The number of carbonyl (C=O) groups excluding carboxylic acids is 1. The lowest BCUT2D eigenvalue weighted by Crippen LogP contribution is -2.37. The van der Waals surface area contributed by atoms with E-state index in [1.807, 2.05) is 0 Å². The molecule has 0 aliphatic rings. The van der Waals surface area contributed by atoms with Crippen molar-refractivity contribution in [3.8, 4) is 0 Å². The minimum atomic E-state index is -3.70. The molecule has 0 aromatic heterocycles. The van der Waals surface area contributed by atoms with Crippen molar-refractivity contribution in [3.05, 3.63) is 65.5 Å². The van der Waals surface area contributed by atoms with Gasteiger partial charge in [0.25, 0.3) is 0 Å². The lowest BCUT2D eigenvalue weighted by Gasteiger charge is -2.08. The summed E-state index contributed by atoms with van der Waals surface area (Å²) in [7, 11) is -3.70. The van der Waals surface area contributed by atoms with E-state index in [4.69, 9.17) is 5.14 Å². The highest BCUT2D eigenvalue weighted by molar-refractivity contribution is 7.89. The minimum Gasteiger partial charge on any atom is -0.338 e. The summed E-state index contributed by atoms with van der Waals surface area (Å²) >= 11 is 0. The maximum absolute atomic E-state index is 13.4. The summed E-state index contributed by atoms with van der Waals surface area (Å²) in [5, 5.41) is 10.4. The van der Waals surface area contributed by atoms with Gasteiger partial charge in [-0.25, -0.2) is 22.7 Å². The van der Waals surface area contributed by atoms with E-state index in [1.54, 1.807) is 30.3 Å². The number of rotatable bonds is 7. The fourth-order valence-electron chi connectivity index (χ4n) is 2.24. The molecule has 134 valence electrons. The lowest BCUT2D eigenvalue weighted by molar-refractivity contribution is 0.241. The fraction of sp³-hybridized carbons (Fsp3) is 0.235. The van der Waals surface area contributed by atoms with Gasteiger partial charge in [0.2, 0.25) is 10.0 Å². The summed E-state index contributed by atoms with van der Waals surface area (Å²) in [5.74, 6) is -0.285. The Morgan fingerprint density at radius 3 is 2.16 bits per heavy atom. The number of primary sulfonamides is 1. The molecule has 0 bridgehead atoms. The Balaban J connectivity index is 1.69. The Bertz CT molecular complexity index is 823. The van der Waals surface area contributed by atoms with E-state index in [0.29, 0.717) is 31.5 Å². The average Bonchev–Trinajstić information content (AvgIpc) is 2.56. The van der Waals surface area contributed by atoms with Crippen LogP contribution in [0.4, 0.5) is 9.18 Å². The van der Waals surface area contributed by atoms with Crippen molar-refractivity contribution in [2.75, 3.05) is 13.1 Å². The van der Waals surface area contributed by atoms with Gasteiger partial charge in [0.15, 0.2) is 0 Å². The van der Waals surface area contributed by atoms with Gasteiger partial charge in [-0.1, -0.05) is 30.3 Å². The number of urea groups is 1. The van der Waals surface area contributed by atoms with Crippen molar-refractivity contribution in [2.45, 2.75) is 17.7 Å².